The van der Waals surface area contributed by atoms with Crippen molar-refractivity contribution in [1.82, 2.24) is 9.97 Å². The molecule has 19 heavy (non-hydrogen) atoms. The summed E-state index contributed by atoms with van der Waals surface area (Å²) in [4.78, 5) is 11.2. The summed E-state index contributed by atoms with van der Waals surface area (Å²) in [7, 11) is 0. The smallest absolute Gasteiger partial charge is 0.148 e. The molecule has 0 aliphatic carbocycles. The van der Waals surface area contributed by atoms with Crippen molar-refractivity contribution in [3.8, 4) is 0 Å². The summed E-state index contributed by atoms with van der Waals surface area (Å²) in [6.45, 7) is 7.82. The van der Waals surface area contributed by atoms with Crippen LogP contribution in [0.15, 0.2) is 6.33 Å². The third-order valence-electron chi connectivity index (χ3n) is 3.90. The highest BCUT2D eigenvalue weighted by Gasteiger charge is 2.30. The van der Waals surface area contributed by atoms with E-state index in [-0.39, 0.29) is 0 Å². The molecule has 1 aliphatic rings. The summed E-state index contributed by atoms with van der Waals surface area (Å²) in [5.74, 6) is 8.06. The van der Waals surface area contributed by atoms with Crippen LogP contribution in [-0.4, -0.2) is 22.6 Å². The Hall–Kier alpha value is -1.36. The van der Waals surface area contributed by atoms with E-state index >= 15 is 0 Å². The van der Waals surface area contributed by atoms with E-state index in [1.54, 1.807) is 6.33 Å². The number of hydrogen-bond acceptors (Lipinski definition) is 5. The Bertz CT molecular complexity index is 418. The van der Waals surface area contributed by atoms with E-state index in [4.69, 9.17) is 5.84 Å². The molecule has 2 rings (SSSR count). The second-order valence-corrected chi connectivity index (χ2v) is 5.57. The van der Waals surface area contributed by atoms with E-state index in [9.17, 15) is 0 Å². The number of rotatable bonds is 5. The van der Waals surface area contributed by atoms with Crippen molar-refractivity contribution in [2.24, 2.45) is 11.8 Å². The molecule has 1 atom stereocenters. The fourth-order valence-corrected chi connectivity index (χ4v) is 3.00. The molecule has 0 aromatic carbocycles. The molecule has 1 aliphatic heterocycles. The maximum Gasteiger partial charge on any atom is 0.148 e. The van der Waals surface area contributed by atoms with Gasteiger partial charge < -0.3 is 10.3 Å². The summed E-state index contributed by atoms with van der Waals surface area (Å²) in [6, 6.07) is 0.580. The maximum atomic E-state index is 5.58. The first-order chi connectivity index (χ1) is 9.19. The van der Waals surface area contributed by atoms with Gasteiger partial charge >= 0.3 is 0 Å². The number of nitrogens with one attached hydrogen (secondary N) is 1. The summed E-state index contributed by atoms with van der Waals surface area (Å²) in [5, 5.41) is 0. The molecule has 0 amide bonds. The molecule has 0 radical (unpaired) electrons. The van der Waals surface area contributed by atoms with Gasteiger partial charge in [0.2, 0.25) is 0 Å². The molecular weight excluding hydrogens is 238 g/mol. The topological polar surface area (TPSA) is 67.1 Å². The Morgan fingerprint density at radius 2 is 2.26 bits per heavy atom. The lowest BCUT2D eigenvalue weighted by Crippen LogP contribution is -2.35. The van der Waals surface area contributed by atoms with Crippen LogP contribution in [0.4, 0.5) is 11.6 Å². The largest absolute Gasteiger partial charge is 0.353 e. The third kappa shape index (κ3) is 2.81. The van der Waals surface area contributed by atoms with Gasteiger partial charge in [0.05, 0.1) is 0 Å². The van der Waals surface area contributed by atoms with E-state index in [0.717, 1.165) is 36.6 Å². The van der Waals surface area contributed by atoms with Crippen LogP contribution in [0.1, 0.15) is 45.6 Å². The second kappa shape index (κ2) is 6.19. The molecule has 0 bridgehead atoms. The molecule has 1 aromatic rings. The van der Waals surface area contributed by atoms with Crippen LogP contribution in [0.5, 0.6) is 0 Å². The number of anilines is 2. The maximum absolute atomic E-state index is 5.58. The normalized spacial score (nSPS) is 19.2. The van der Waals surface area contributed by atoms with Crippen LogP contribution in [0.2, 0.25) is 0 Å². The Morgan fingerprint density at radius 1 is 1.47 bits per heavy atom. The molecule has 0 spiro atoms. The summed E-state index contributed by atoms with van der Waals surface area (Å²) in [6.07, 6.45) is 6.12. The van der Waals surface area contributed by atoms with Gasteiger partial charge in [-0.05, 0) is 25.2 Å². The lowest BCUT2D eigenvalue weighted by Gasteiger charge is -2.30. The number of nitrogen functional groups attached to an aromatic ring is 1. The predicted molar refractivity (Wildman–Crippen MR) is 79.0 cm³/mol. The molecule has 106 valence electrons. The number of hydrazine groups is 1. The van der Waals surface area contributed by atoms with Gasteiger partial charge in [0.15, 0.2) is 0 Å². The Balaban J connectivity index is 2.37. The first-order valence-electron chi connectivity index (χ1n) is 7.26. The molecule has 2 heterocycles. The zero-order valence-electron chi connectivity index (χ0n) is 12.2. The summed E-state index contributed by atoms with van der Waals surface area (Å²) >= 11 is 0. The average Bonchev–Trinajstić information content (AvgIpc) is 2.88. The number of hydrogen-bond donors (Lipinski definition) is 2. The molecule has 1 saturated heterocycles. The number of aromatic nitrogens is 2. The number of nitrogens with zero attached hydrogens (tertiary/aromatic N) is 3. The van der Waals surface area contributed by atoms with Gasteiger partial charge in [-0.25, -0.2) is 15.8 Å². The van der Waals surface area contributed by atoms with Crippen molar-refractivity contribution in [1.29, 1.82) is 0 Å². The zero-order chi connectivity index (χ0) is 13.8. The minimum absolute atomic E-state index is 0.580. The Morgan fingerprint density at radius 3 is 2.89 bits per heavy atom. The average molecular weight is 263 g/mol. The minimum atomic E-state index is 0.580. The van der Waals surface area contributed by atoms with E-state index in [0.29, 0.717) is 12.0 Å². The SMILES string of the molecule is CCCc1c(NN)ncnc1N1CCCC1C(C)C. The van der Waals surface area contributed by atoms with Gasteiger partial charge in [0.1, 0.15) is 18.0 Å². The lowest BCUT2D eigenvalue weighted by atomic mass is 10.0. The standard InChI is InChI=1S/C14H25N5/c1-4-6-11-13(18-15)16-9-17-14(11)19-8-5-7-12(19)10(2)3/h9-10,12H,4-8,15H2,1-3H3,(H,16,17,18). The predicted octanol–water partition coefficient (Wildman–Crippen LogP) is 2.34. The van der Waals surface area contributed by atoms with Crippen LogP contribution in [0.25, 0.3) is 0 Å². The molecule has 5 nitrogen and oxygen atoms in total. The highest BCUT2D eigenvalue weighted by Crippen LogP contribution is 2.33. The van der Waals surface area contributed by atoms with Gasteiger partial charge in [-0.1, -0.05) is 27.2 Å². The van der Waals surface area contributed by atoms with Gasteiger partial charge in [0, 0.05) is 18.2 Å². The first kappa shape index (κ1) is 14.1. The van der Waals surface area contributed by atoms with Crippen LogP contribution >= 0.6 is 0 Å². The van der Waals surface area contributed by atoms with Crippen molar-refractivity contribution < 1.29 is 0 Å². The van der Waals surface area contributed by atoms with Gasteiger partial charge in [-0.15, -0.1) is 0 Å². The summed E-state index contributed by atoms with van der Waals surface area (Å²) in [5.41, 5.74) is 3.86. The monoisotopic (exact) mass is 263 g/mol. The van der Waals surface area contributed by atoms with E-state index < -0.39 is 0 Å². The van der Waals surface area contributed by atoms with Crippen LogP contribution < -0.4 is 16.2 Å². The fraction of sp³-hybridized carbons (Fsp3) is 0.714. The van der Waals surface area contributed by atoms with Crippen molar-refractivity contribution in [2.75, 3.05) is 16.9 Å². The Labute approximate surface area is 115 Å². The van der Waals surface area contributed by atoms with E-state index in [1.165, 1.54) is 12.8 Å². The highest BCUT2D eigenvalue weighted by molar-refractivity contribution is 5.59. The van der Waals surface area contributed by atoms with E-state index in [2.05, 4.69) is 41.1 Å². The molecule has 1 unspecified atom stereocenters. The number of nitrogens with two attached hydrogens (primary N) is 1. The van der Waals surface area contributed by atoms with Gasteiger partial charge in [-0.2, -0.15) is 0 Å². The third-order valence-corrected chi connectivity index (χ3v) is 3.90. The van der Waals surface area contributed by atoms with Crippen molar-refractivity contribution >= 4 is 11.6 Å². The molecule has 1 fully saturated rings. The molecule has 5 heteroatoms. The van der Waals surface area contributed by atoms with Crippen molar-refractivity contribution in [3.05, 3.63) is 11.9 Å². The highest BCUT2D eigenvalue weighted by atomic mass is 15.3. The first-order valence-corrected chi connectivity index (χ1v) is 7.26. The molecule has 1 aromatic heterocycles. The van der Waals surface area contributed by atoms with Crippen LogP contribution in [0.3, 0.4) is 0 Å². The van der Waals surface area contributed by atoms with Gasteiger partial charge in [-0.3, -0.25) is 0 Å². The Kier molecular flexibility index (Phi) is 4.58. The lowest BCUT2D eigenvalue weighted by molar-refractivity contribution is 0.488. The fourth-order valence-electron chi connectivity index (χ4n) is 3.00. The van der Waals surface area contributed by atoms with E-state index in [1.807, 2.05) is 0 Å². The van der Waals surface area contributed by atoms with Crippen LogP contribution in [-0.2, 0) is 6.42 Å². The summed E-state index contributed by atoms with van der Waals surface area (Å²) < 4.78 is 0. The molecular formula is C14H25N5. The van der Waals surface area contributed by atoms with Gasteiger partial charge in [0.25, 0.3) is 0 Å². The van der Waals surface area contributed by atoms with Crippen LogP contribution in [0, 0.1) is 5.92 Å². The second-order valence-electron chi connectivity index (χ2n) is 5.57. The van der Waals surface area contributed by atoms with Crippen molar-refractivity contribution in [2.45, 2.75) is 52.5 Å². The minimum Gasteiger partial charge on any atom is -0.353 e. The quantitative estimate of drug-likeness (QED) is 0.630. The van der Waals surface area contributed by atoms with Crippen molar-refractivity contribution in [3.63, 3.8) is 0 Å². The zero-order valence-corrected chi connectivity index (χ0v) is 12.2. The molecule has 0 saturated carbocycles. The molecule has 3 N–H and O–H groups in total.